The predicted octanol–water partition coefficient (Wildman–Crippen LogP) is 1.07. The van der Waals surface area contributed by atoms with Gasteiger partial charge in [-0.25, -0.2) is 4.98 Å². The lowest BCUT2D eigenvalue weighted by atomic mass is 10.2. The Bertz CT molecular complexity index is 464. The molecule has 0 radical (unpaired) electrons. The summed E-state index contributed by atoms with van der Waals surface area (Å²) in [4.78, 5) is 18.3. The molecular weight excluding hydrogens is 270 g/mol. The van der Waals surface area contributed by atoms with Crippen LogP contribution in [0.5, 0.6) is 0 Å². The zero-order chi connectivity index (χ0) is 15.2. The summed E-state index contributed by atoms with van der Waals surface area (Å²) in [5.41, 5.74) is 0.575. The highest BCUT2D eigenvalue weighted by atomic mass is 16.5. The normalized spacial score (nSPS) is 21.6. The number of anilines is 1. The van der Waals surface area contributed by atoms with E-state index in [9.17, 15) is 4.79 Å². The van der Waals surface area contributed by atoms with Crippen molar-refractivity contribution in [3.05, 3.63) is 23.9 Å². The summed E-state index contributed by atoms with van der Waals surface area (Å²) < 4.78 is 10.7. The van der Waals surface area contributed by atoms with E-state index in [1.807, 2.05) is 13.0 Å². The highest BCUT2D eigenvalue weighted by Gasteiger charge is 2.32. The number of nitrogens with one attached hydrogen (secondary N) is 1. The fraction of sp³-hybridized carbons (Fsp3) is 0.600. The molecule has 1 aliphatic heterocycles. The number of carbonyl (C=O) groups is 1. The molecule has 1 N–H and O–H groups in total. The largest absolute Gasteiger partial charge is 0.383 e. The van der Waals surface area contributed by atoms with Crippen LogP contribution in [0.3, 0.4) is 0 Å². The van der Waals surface area contributed by atoms with E-state index in [4.69, 9.17) is 9.47 Å². The Morgan fingerprint density at radius 1 is 1.48 bits per heavy atom. The van der Waals surface area contributed by atoms with Crippen LogP contribution in [0.1, 0.15) is 23.7 Å². The van der Waals surface area contributed by atoms with Crippen molar-refractivity contribution >= 4 is 11.7 Å². The van der Waals surface area contributed by atoms with Crippen LogP contribution in [0.15, 0.2) is 18.3 Å². The van der Waals surface area contributed by atoms with Crippen LogP contribution in [0.4, 0.5) is 5.82 Å². The number of aromatic nitrogens is 1. The molecule has 1 amide bonds. The summed E-state index contributed by atoms with van der Waals surface area (Å²) in [6.07, 6.45) is 2.73. The van der Waals surface area contributed by atoms with Crippen molar-refractivity contribution in [2.45, 2.75) is 25.5 Å². The van der Waals surface area contributed by atoms with Gasteiger partial charge in [-0.1, -0.05) is 0 Å². The fourth-order valence-corrected chi connectivity index (χ4v) is 2.63. The molecule has 1 fully saturated rings. The van der Waals surface area contributed by atoms with Gasteiger partial charge in [0.25, 0.3) is 5.91 Å². The highest BCUT2D eigenvalue weighted by molar-refractivity contribution is 5.94. The van der Waals surface area contributed by atoms with Crippen LogP contribution in [0.25, 0.3) is 0 Å². The fourth-order valence-electron chi connectivity index (χ4n) is 2.63. The monoisotopic (exact) mass is 293 g/mol. The van der Waals surface area contributed by atoms with E-state index in [1.165, 1.54) is 0 Å². The molecule has 0 bridgehead atoms. The SMILES string of the molecule is CCNC(=O)c1ccc(N2C[C@H](OC)C[C@H]2COC)nc1. The van der Waals surface area contributed by atoms with Crippen LogP contribution < -0.4 is 10.2 Å². The van der Waals surface area contributed by atoms with E-state index < -0.39 is 0 Å². The van der Waals surface area contributed by atoms with Gasteiger partial charge in [-0.05, 0) is 25.5 Å². The van der Waals surface area contributed by atoms with Crippen molar-refractivity contribution in [1.29, 1.82) is 0 Å². The molecule has 2 rings (SSSR count). The molecule has 1 aliphatic rings. The molecule has 0 saturated carbocycles. The van der Waals surface area contributed by atoms with Gasteiger partial charge >= 0.3 is 0 Å². The van der Waals surface area contributed by atoms with E-state index in [0.29, 0.717) is 18.7 Å². The first-order chi connectivity index (χ1) is 10.2. The van der Waals surface area contributed by atoms with E-state index in [0.717, 1.165) is 18.8 Å². The van der Waals surface area contributed by atoms with Gasteiger partial charge in [0.15, 0.2) is 0 Å². The molecule has 1 aromatic heterocycles. The summed E-state index contributed by atoms with van der Waals surface area (Å²) in [6, 6.07) is 3.94. The van der Waals surface area contributed by atoms with E-state index in [1.54, 1.807) is 26.5 Å². The van der Waals surface area contributed by atoms with Crippen molar-refractivity contribution in [3.63, 3.8) is 0 Å². The minimum atomic E-state index is -0.0961. The first-order valence-corrected chi connectivity index (χ1v) is 7.22. The Kier molecular flexibility index (Phi) is 5.52. The summed E-state index contributed by atoms with van der Waals surface area (Å²) in [5, 5.41) is 2.76. The summed E-state index contributed by atoms with van der Waals surface area (Å²) >= 11 is 0. The van der Waals surface area contributed by atoms with Gasteiger partial charge in [0.05, 0.1) is 24.3 Å². The van der Waals surface area contributed by atoms with Crippen LogP contribution >= 0.6 is 0 Å². The molecule has 0 spiro atoms. The molecule has 1 aromatic rings. The standard InChI is InChI=1S/C15H23N3O3/c1-4-16-15(19)11-5-6-14(17-8-11)18-9-13(21-3)7-12(18)10-20-2/h5-6,8,12-13H,4,7,9-10H2,1-3H3,(H,16,19)/t12-,13+/m0/s1. The number of nitrogens with zero attached hydrogens (tertiary/aromatic N) is 2. The van der Waals surface area contributed by atoms with Crippen LogP contribution in [-0.2, 0) is 9.47 Å². The lowest BCUT2D eigenvalue weighted by Crippen LogP contribution is -2.33. The van der Waals surface area contributed by atoms with Crippen LogP contribution in [0, 0.1) is 0 Å². The number of hydrogen-bond acceptors (Lipinski definition) is 5. The maximum absolute atomic E-state index is 11.7. The number of pyridine rings is 1. The van der Waals surface area contributed by atoms with Crippen molar-refractivity contribution in [3.8, 4) is 0 Å². The maximum Gasteiger partial charge on any atom is 0.252 e. The van der Waals surface area contributed by atoms with Gasteiger partial charge < -0.3 is 19.7 Å². The van der Waals surface area contributed by atoms with Crippen LogP contribution in [-0.4, -0.2) is 57.0 Å². The summed E-state index contributed by atoms with van der Waals surface area (Å²) in [7, 11) is 3.42. The second-order valence-corrected chi connectivity index (χ2v) is 5.12. The van der Waals surface area contributed by atoms with Gasteiger partial charge in [-0.2, -0.15) is 0 Å². The van der Waals surface area contributed by atoms with Gasteiger partial charge in [0.1, 0.15) is 5.82 Å². The Hall–Kier alpha value is -1.66. The van der Waals surface area contributed by atoms with E-state index in [-0.39, 0.29) is 18.1 Å². The molecule has 6 heteroatoms. The molecule has 1 saturated heterocycles. The zero-order valence-corrected chi connectivity index (χ0v) is 12.8. The molecule has 2 heterocycles. The third-order valence-electron chi connectivity index (χ3n) is 3.71. The van der Waals surface area contributed by atoms with E-state index in [2.05, 4.69) is 15.2 Å². The third kappa shape index (κ3) is 3.71. The minimum Gasteiger partial charge on any atom is -0.383 e. The Morgan fingerprint density at radius 3 is 2.86 bits per heavy atom. The number of rotatable bonds is 6. The number of hydrogen-bond donors (Lipinski definition) is 1. The number of methoxy groups -OCH3 is 2. The number of carbonyl (C=O) groups excluding carboxylic acids is 1. The van der Waals surface area contributed by atoms with Crippen molar-refractivity contribution < 1.29 is 14.3 Å². The molecule has 116 valence electrons. The topological polar surface area (TPSA) is 63.7 Å². The average molecular weight is 293 g/mol. The average Bonchev–Trinajstić information content (AvgIpc) is 2.91. The molecule has 0 aliphatic carbocycles. The molecule has 2 atom stereocenters. The van der Waals surface area contributed by atoms with Gasteiger partial charge in [-0.15, -0.1) is 0 Å². The van der Waals surface area contributed by atoms with Gasteiger partial charge in [-0.3, -0.25) is 4.79 Å². The zero-order valence-electron chi connectivity index (χ0n) is 12.8. The maximum atomic E-state index is 11.7. The highest BCUT2D eigenvalue weighted by Crippen LogP contribution is 2.25. The lowest BCUT2D eigenvalue weighted by molar-refractivity contribution is 0.0955. The predicted molar refractivity (Wildman–Crippen MR) is 80.7 cm³/mol. The first-order valence-electron chi connectivity index (χ1n) is 7.22. The van der Waals surface area contributed by atoms with Gasteiger partial charge in [0, 0.05) is 33.5 Å². The second kappa shape index (κ2) is 7.38. The summed E-state index contributed by atoms with van der Waals surface area (Å²) in [6.45, 7) is 3.93. The Morgan fingerprint density at radius 2 is 2.29 bits per heavy atom. The van der Waals surface area contributed by atoms with Crippen molar-refractivity contribution in [2.24, 2.45) is 0 Å². The van der Waals surface area contributed by atoms with Crippen molar-refractivity contribution in [2.75, 3.05) is 38.8 Å². The van der Waals surface area contributed by atoms with Crippen molar-refractivity contribution in [1.82, 2.24) is 10.3 Å². The Labute approximate surface area is 125 Å². The van der Waals surface area contributed by atoms with Crippen LogP contribution in [0.2, 0.25) is 0 Å². The number of amides is 1. The third-order valence-corrected chi connectivity index (χ3v) is 3.71. The molecular formula is C15H23N3O3. The first kappa shape index (κ1) is 15.7. The Balaban J connectivity index is 2.11. The quantitative estimate of drug-likeness (QED) is 0.850. The molecule has 6 nitrogen and oxygen atoms in total. The summed E-state index contributed by atoms with van der Waals surface area (Å²) in [5.74, 6) is 0.755. The van der Waals surface area contributed by atoms with E-state index >= 15 is 0 Å². The minimum absolute atomic E-state index is 0.0961. The molecule has 0 aromatic carbocycles. The lowest BCUT2D eigenvalue weighted by Gasteiger charge is -2.24. The molecule has 21 heavy (non-hydrogen) atoms. The second-order valence-electron chi connectivity index (χ2n) is 5.12. The smallest absolute Gasteiger partial charge is 0.252 e. The molecule has 0 unspecified atom stereocenters. The number of ether oxygens (including phenoxy) is 2. The van der Waals surface area contributed by atoms with Gasteiger partial charge in [0.2, 0.25) is 0 Å².